The monoisotopic (exact) mass is 209 g/mol. The SMILES string of the molecule is CC(C)CNC(=O)C1CC1(Cl)Cl. The van der Waals surface area contributed by atoms with Crippen molar-refractivity contribution in [3.63, 3.8) is 0 Å². The van der Waals surface area contributed by atoms with E-state index in [1.807, 2.05) is 13.8 Å². The second kappa shape index (κ2) is 3.43. The summed E-state index contributed by atoms with van der Waals surface area (Å²) in [7, 11) is 0. The number of halogens is 2. The van der Waals surface area contributed by atoms with Crippen LogP contribution in [0.2, 0.25) is 0 Å². The zero-order chi connectivity index (χ0) is 9.35. The molecule has 0 aliphatic heterocycles. The van der Waals surface area contributed by atoms with E-state index in [2.05, 4.69) is 5.32 Å². The van der Waals surface area contributed by atoms with E-state index >= 15 is 0 Å². The van der Waals surface area contributed by atoms with Crippen LogP contribution in [-0.2, 0) is 4.79 Å². The van der Waals surface area contributed by atoms with Crippen molar-refractivity contribution in [3.05, 3.63) is 0 Å². The lowest BCUT2D eigenvalue weighted by Crippen LogP contribution is -2.30. The molecular weight excluding hydrogens is 197 g/mol. The first-order valence-electron chi connectivity index (χ1n) is 4.09. The number of rotatable bonds is 3. The van der Waals surface area contributed by atoms with Crippen LogP contribution in [0.15, 0.2) is 0 Å². The fourth-order valence-electron chi connectivity index (χ4n) is 0.926. The first-order chi connectivity index (χ1) is 5.43. The third-order valence-corrected chi connectivity index (χ3v) is 2.66. The van der Waals surface area contributed by atoms with Gasteiger partial charge in [-0.1, -0.05) is 13.8 Å². The number of nitrogens with one attached hydrogen (secondary N) is 1. The molecule has 70 valence electrons. The summed E-state index contributed by atoms with van der Waals surface area (Å²) in [5.41, 5.74) is 0. The van der Waals surface area contributed by atoms with Gasteiger partial charge in [-0.05, 0) is 12.3 Å². The van der Waals surface area contributed by atoms with E-state index in [9.17, 15) is 4.79 Å². The first kappa shape index (κ1) is 10.1. The molecule has 1 fully saturated rings. The molecule has 1 aliphatic carbocycles. The van der Waals surface area contributed by atoms with E-state index in [-0.39, 0.29) is 11.8 Å². The van der Waals surface area contributed by atoms with Gasteiger partial charge in [0.25, 0.3) is 0 Å². The van der Waals surface area contributed by atoms with E-state index in [4.69, 9.17) is 23.2 Å². The maximum atomic E-state index is 11.2. The minimum absolute atomic E-state index is 0.0197. The number of carbonyl (C=O) groups excluding carboxylic acids is 1. The molecule has 1 N–H and O–H groups in total. The van der Waals surface area contributed by atoms with Crippen molar-refractivity contribution >= 4 is 29.1 Å². The second-order valence-corrected chi connectivity index (χ2v) is 5.20. The smallest absolute Gasteiger partial charge is 0.226 e. The normalized spacial score (nSPS) is 25.6. The molecule has 2 nitrogen and oxygen atoms in total. The summed E-state index contributed by atoms with van der Waals surface area (Å²) >= 11 is 11.4. The molecule has 1 aliphatic rings. The molecule has 4 heteroatoms. The highest BCUT2D eigenvalue weighted by Crippen LogP contribution is 2.53. The Bertz CT molecular complexity index is 191. The summed E-state index contributed by atoms with van der Waals surface area (Å²) in [6.45, 7) is 4.78. The van der Waals surface area contributed by atoms with E-state index in [0.29, 0.717) is 18.9 Å². The Balaban J connectivity index is 2.23. The number of alkyl halides is 2. The Morgan fingerprint density at radius 3 is 2.50 bits per heavy atom. The van der Waals surface area contributed by atoms with Crippen LogP contribution in [0.3, 0.4) is 0 Å². The Labute approximate surface area is 82.6 Å². The standard InChI is InChI=1S/C8H13Cl2NO/c1-5(2)4-11-7(12)6-3-8(6,9)10/h5-6H,3-4H2,1-2H3,(H,11,12). The molecule has 0 aromatic carbocycles. The van der Waals surface area contributed by atoms with Gasteiger partial charge in [0, 0.05) is 6.54 Å². The summed E-state index contributed by atoms with van der Waals surface area (Å²) < 4.78 is -0.791. The maximum absolute atomic E-state index is 11.2. The number of amides is 1. The third kappa shape index (κ3) is 2.53. The fraction of sp³-hybridized carbons (Fsp3) is 0.875. The molecule has 1 unspecified atom stereocenters. The van der Waals surface area contributed by atoms with Crippen molar-refractivity contribution in [2.24, 2.45) is 11.8 Å². The predicted molar refractivity (Wildman–Crippen MR) is 50.4 cm³/mol. The van der Waals surface area contributed by atoms with Crippen molar-refractivity contribution in [1.29, 1.82) is 0 Å². The molecule has 0 aromatic heterocycles. The van der Waals surface area contributed by atoms with Crippen molar-refractivity contribution in [3.8, 4) is 0 Å². The Morgan fingerprint density at radius 1 is 1.67 bits per heavy atom. The van der Waals surface area contributed by atoms with Crippen LogP contribution in [0, 0.1) is 11.8 Å². The van der Waals surface area contributed by atoms with Gasteiger partial charge in [-0.15, -0.1) is 23.2 Å². The van der Waals surface area contributed by atoms with Crippen LogP contribution < -0.4 is 5.32 Å². The predicted octanol–water partition coefficient (Wildman–Crippen LogP) is 1.95. The fourth-order valence-corrected chi connectivity index (χ4v) is 1.43. The van der Waals surface area contributed by atoms with Gasteiger partial charge in [0.1, 0.15) is 4.33 Å². The average Bonchev–Trinajstić information content (AvgIpc) is 2.55. The highest BCUT2D eigenvalue weighted by atomic mass is 35.5. The van der Waals surface area contributed by atoms with Gasteiger partial charge < -0.3 is 5.32 Å². The molecule has 12 heavy (non-hydrogen) atoms. The van der Waals surface area contributed by atoms with Crippen LogP contribution in [0.25, 0.3) is 0 Å². The van der Waals surface area contributed by atoms with Gasteiger partial charge in [0.05, 0.1) is 5.92 Å². The molecule has 1 atom stereocenters. The molecule has 0 spiro atoms. The van der Waals surface area contributed by atoms with E-state index < -0.39 is 4.33 Å². The largest absolute Gasteiger partial charge is 0.356 e. The van der Waals surface area contributed by atoms with Crippen LogP contribution in [-0.4, -0.2) is 16.8 Å². The summed E-state index contributed by atoms with van der Waals surface area (Å²) in [4.78, 5) is 11.2. The Hall–Kier alpha value is 0.0500. The Kier molecular flexibility index (Phi) is 2.89. The molecule has 0 bridgehead atoms. The number of hydrogen-bond donors (Lipinski definition) is 1. The van der Waals surface area contributed by atoms with Crippen molar-refractivity contribution in [2.45, 2.75) is 24.6 Å². The molecule has 1 saturated carbocycles. The summed E-state index contributed by atoms with van der Waals surface area (Å²) in [5, 5.41) is 2.79. The Morgan fingerprint density at radius 2 is 2.17 bits per heavy atom. The summed E-state index contributed by atoms with van der Waals surface area (Å²) in [6.07, 6.45) is 0.583. The molecule has 1 amide bonds. The van der Waals surface area contributed by atoms with Crippen LogP contribution in [0.5, 0.6) is 0 Å². The lowest BCUT2D eigenvalue weighted by molar-refractivity contribution is -0.122. The topological polar surface area (TPSA) is 29.1 Å². The zero-order valence-electron chi connectivity index (χ0n) is 7.23. The van der Waals surface area contributed by atoms with Gasteiger partial charge in [-0.3, -0.25) is 4.79 Å². The van der Waals surface area contributed by atoms with Gasteiger partial charge in [-0.25, -0.2) is 0 Å². The van der Waals surface area contributed by atoms with Crippen molar-refractivity contribution in [1.82, 2.24) is 5.32 Å². The van der Waals surface area contributed by atoms with E-state index in [0.717, 1.165) is 0 Å². The molecule has 1 rings (SSSR count). The summed E-state index contributed by atoms with van der Waals surface area (Å²) in [5.74, 6) is 0.251. The van der Waals surface area contributed by atoms with Gasteiger partial charge in [0.15, 0.2) is 0 Å². The third-order valence-electron chi connectivity index (χ3n) is 1.83. The lowest BCUT2D eigenvalue weighted by atomic mass is 10.2. The van der Waals surface area contributed by atoms with Crippen LogP contribution in [0.1, 0.15) is 20.3 Å². The number of carbonyl (C=O) groups is 1. The van der Waals surface area contributed by atoms with Crippen LogP contribution in [0.4, 0.5) is 0 Å². The minimum atomic E-state index is -0.791. The van der Waals surface area contributed by atoms with Gasteiger partial charge in [0.2, 0.25) is 5.91 Å². The maximum Gasteiger partial charge on any atom is 0.226 e. The summed E-state index contributed by atoms with van der Waals surface area (Å²) in [6, 6.07) is 0. The molecular formula is C8H13Cl2NO. The number of hydrogen-bond acceptors (Lipinski definition) is 1. The molecule has 0 heterocycles. The van der Waals surface area contributed by atoms with E-state index in [1.54, 1.807) is 0 Å². The quantitative estimate of drug-likeness (QED) is 0.708. The van der Waals surface area contributed by atoms with Crippen molar-refractivity contribution < 1.29 is 4.79 Å². The zero-order valence-corrected chi connectivity index (χ0v) is 8.74. The molecule has 0 radical (unpaired) electrons. The highest BCUT2D eigenvalue weighted by Gasteiger charge is 2.56. The first-order valence-corrected chi connectivity index (χ1v) is 4.84. The lowest BCUT2D eigenvalue weighted by Gasteiger charge is -2.06. The average molecular weight is 210 g/mol. The van der Waals surface area contributed by atoms with Crippen LogP contribution >= 0.6 is 23.2 Å². The van der Waals surface area contributed by atoms with Gasteiger partial charge in [-0.2, -0.15) is 0 Å². The highest BCUT2D eigenvalue weighted by molar-refractivity contribution is 6.52. The van der Waals surface area contributed by atoms with E-state index in [1.165, 1.54) is 0 Å². The minimum Gasteiger partial charge on any atom is -0.356 e. The molecule has 0 aromatic rings. The second-order valence-electron chi connectivity index (χ2n) is 3.66. The van der Waals surface area contributed by atoms with Crippen molar-refractivity contribution in [2.75, 3.05) is 6.54 Å². The molecule has 0 saturated heterocycles. The van der Waals surface area contributed by atoms with Gasteiger partial charge >= 0.3 is 0 Å².